The van der Waals surface area contributed by atoms with E-state index in [4.69, 9.17) is 14.0 Å². The van der Waals surface area contributed by atoms with Crippen LogP contribution in [0.1, 0.15) is 18.9 Å². The normalized spacial score (nSPS) is 19.6. The molecule has 1 heterocycles. The summed E-state index contributed by atoms with van der Waals surface area (Å²) in [5.74, 6) is -1.40. The second-order valence-corrected chi connectivity index (χ2v) is 6.91. The Morgan fingerprint density at radius 2 is 1.83 bits per heavy atom. The maximum atomic E-state index is 12.7. The second-order valence-electron chi connectivity index (χ2n) is 6.91. The molecule has 0 aliphatic carbocycles. The molecule has 3 atom stereocenters. The van der Waals surface area contributed by atoms with Crippen LogP contribution in [-0.4, -0.2) is 81.0 Å². The molecule has 0 aromatic heterocycles. The molecule has 1 aliphatic rings. The number of aliphatic hydroxyl groups is 1. The number of benzene rings is 1. The van der Waals surface area contributed by atoms with Gasteiger partial charge in [-0.2, -0.15) is 0 Å². The van der Waals surface area contributed by atoms with Crippen LogP contribution >= 0.6 is 0 Å². The molecule has 0 spiro atoms. The standard InChI is InChI=1S/C19H27BN2O7/c1-12(23)22-11-15(24)10-17(22)18(25)21-16(19(26)27-2)9-13-5-7-14(8-6-13)20(28-3)29-4/h5-8,15-17,24H,9-11H2,1-4H3,(H,21,25)/t15-,16+,17+/m1/s1. The fraction of sp³-hybridized carbons (Fsp3) is 0.526. The van der Waals surface area contributed by atoms with E-state index in [0.717, 1.165) is 11.0 Å². The Balaban J connectivity index is 2.11. The lowest BCUT2D eigenvalue weighted by atomic mass is 9.78. The van der Waals surface area contributed by atoms with Crippen molar-refractivity contribution in [2.75, 3.05) is 27.9 Å². The fourth-order valence-electron chi connectivity index (χ4n) is 3.43. The molecule has 9 nitrogen and oxygen atoms in total. The molecule has 0 saturated carbocycles. The minimum absolute atomic E-state index is 0.0952. The summed E-state index contributed by atoms with van der Waals surface area (Å²) in [6.45, 7) is 1.43. The van der Waals surface area contributed by atoms with Crippen LogP contribution in [0.3, 0.4) is 0 Å². The summed E-state index contributed by atoms with van der Waals surface area (Å²) in [6, 6.07) is 5.50. The summed E-state index contributed by atoms with van der Waals surface area (Å²) in [6.07, 6.45) is -0.435. The molecule has 29 heavy (non-hydrogen) atoms. The molecule has 0 unspecified atom stereocenters. The van der Waals surface area contributed by atoms with Crippen molar-refractivity contribution in [2.24, 2.45) is 0 Å². The molecule has 10 heteroatoms. The maximum absolute atomic E-state index is 12.7. The maximum Gasteiger partial charge on any atom is 0.493 e. The van der Waals surface area contributed by atoms with Gasteiger partial charge in [-0.1, -0.05) is 24.3 Å². The van der Waals surface area contributed by atoms with Gasteiger partial charge in [0, 0.05) is 40.5 Å². The molecule has 1 aliphatic heterocycles. The van der Waals surface area contributed by atoms with Gasteiger partial charge >= 0.3 is 13.1 Å². The second kappa shape index (κ2) is 10.4. The number of rotatable bonds is 8. The zero-order valence-electron chi connectivity index (χ0n) is 17.1. The van der Waals surface area contributed by atoms with E-state index in [9.17, 15) is 19.5 Å². The van der Waals surface area contributed by atoms with E-state index in [-0.39, 0.29) is 25.3 Å². The molecule has 1 fully saturated rings. The predicted molar refractivity (Wildman–Crippen MR) is 105 cm³/mol. The molecule has 1 aromatic carbocycles. The molecule has 0 radical (unpaired) electrons. The van der Waals surface area contributed by atoms with Crippen LogP contribution in [0.15, 0.2) is 24.3 Å². The minimum atomic E-state index is -0.925. The van der Waals surface area contributed by atoms with Gasteiger partial charge in [-0.3, -0.25) is 9.59 Å². The van der Waals surface area contributed by atoms with Crippen LogP contribution in [0.5, 0.6) is 0 Å². The fourth-order valence-corrected chi connectivity index (χ4v) is 3.43. The van der Waals surface area contributed by atoms with Crippen molar-refractivity contribution >= 4 is 30.4 Å². The van der Waals surface area contributed by atoms with Crippen molar-refractivity contribution in [3.05, 3.63) is 29.8 Å². The van der Waals surface area contributed by atoms with Crippen LogP contribution in [0.2, 0.25) is 0 Å². The Bertz CT molecular complexity index is 724. The van der Waals surface area contributed by atoms with Gasteiger partial charge in [-0.05, 0) is 11.0 Å². The Hall–Kier alpha value is -2.43. The van der Waals surface area contributed by atoms with Crippen molar-refractivity contribution in [3.8, 4) is 0 Å². The summed E-state index contributed by atoms with van der Waals surface area (Å²) in [4.78, 5) is 37.9. The highest BCUT2D eigenvalue weighted by molar-refractivity contribution is 6.61. The van der Waals surface area contributed by atoms with Crippen LogP contribution in [-0.2, 0) is 34.9 Å². The number of nitrogens with zero attached hydrogens (tertiary/aromatic N) is 1. The number of aliphatic hydroxyl groups excluding tert-OH is 1. The van der Waals surface area contributed by atoms with Gasteiger partial charge in [0.1, 0.15) is 12.1 Å². The number of hydrogen-bond acceptors (Lipinski definition) is 7. The average Bonchev–Trinajstić information content (AvgIpc) is 3.11. The molecule has 1 aromatic rings. The number of β-amino-alcohol motifs (C(OH)–C–C–N with tert-alkyl or cyclic N) is 1. The molecule has 2 amide bonds. The number of nitrogens with one attached hydrogen (secondary N) is 1. The Morgan fingerprint density at radius 3 is 2.34 bits per heavy atom. The van der Waals surface area contributed by atoms with Crippen LogP contribution < -0.4 is 10.8 Å². The highest BCUT2D eigenvalue weighted by Crippen LogP contribution is 2.18. The number of hydrogen-bond donors (Lipinski definition) is 2. The van der Waals surface area contributed by atoms with Gasteiger partial charge in [-0.25, -0.2) is 4.79 Å². The molecule has 0 bridgehead atoms. The third-order valence-corrected chi connectivity index (χ3v) is 4.91. The summed E-state index contributed by atoms with van der Waals surface area (Å²) in [5.41, 5.74) is 1.61. The lowest BCUT2D eigenvalue weighted by Gasteiger charge is -2.24. The predicted octanol–water partition coefficient (Wildman–Crippen LogP) is -1.14. The molecule has 2 rings (SSSR count). The monoisotopic (exact) mass is 406 g/mol. The largest absolute Gasteiger partial charge is 0.493 e. The van der Waals surface area contributed by atoms with Crippen molar-refractivity contribution < 1.29 is 33.5 Å². The highest BCUT2D eigenvalue weighted by Gasteiger charge is 2.39. The van der Waals surface area contributed by atoms with Crippen molar-refractivity contribution in [1.82, 2.24) is 10.2 Å². The first-order valence-corrected chi connectivity index (χ1v) is 9.28. The highest BCUT2D eigenvalue weighted by atomic mass is 16.6. The SMILES string of the molecule is COB(OC)c1ccc(C[C@H](NC(=O)[C@@H]2C[C@@H](O)CN2C(C)=O)C(=O)OC)cc1. The number of esters is 1. The summed E-state index contributed by atoms with van der Waals surface area (Å²) in [5, 5.41) is 12.5. The first-order valence-electron chi connectivity index (χ1n) is 9.28. The van der Waals surface area contributed by atoms with E-state index in [0.29, 0.717) is 0 Å². The van der Waals surface area contributed by atoms with E-state index in [1.807, 2.05) is 24.3 Å². The zero-order valence-corrected chi connectivity index (χ0v) is 17.1. The number of likely N-dealkylation sites (tertiary alicyclic amines) is 1. The first kappa shape index (κ1) is 22.9. The number of amides is 2. The van der Waals surface area contributed by atoms with Gasteiger partial charge in [0.05, 0.1) is 13.2 Å². The van der Waals surface area contributed by atoms with E-state index in [1.165, 1.54) is 33.2 Å². The van der Waals surface area contributed by atoms with E-state index >= 15 is 0 Å². The summed E-state index contributed by atoms with van der Waals surface area (Å²) in [7, 11) is 3.82. The molecule has 1 saturated heterocycles. The number of methoxy groups -OCH3 is 1. The molecule has 2 N–H and O–H groups in total. The topological polar surface area (TPSA) is 114 Å². The third-order valence-electron chi connectivity index (χ3n) is 4.91. The third kappa shape index (κ3) is 5.78. The van der Waals surface area contributed by atoms with Gasteiger partial charge in [-0.15, -0.1) is 0 Å². The van der Waals surface area contributed by atoms with Gasteiger partial charge < -0.3 is 29.4 Å². The lowest BCUT2D eigenvalue weighted by molar-refractivity contribution is -0.146. The molecule has 158 valence electrons. The average molecular weight is 406 g/mol. The van der Waals surface area contributed by atoms with Crippen LogP contribution in [0.25, 0.3) is 0 Å². The Kier molecular flexibility index (Phi) is 8.18. The number of carbonyl (C=O) groups excluding carboxylic acids is 3. The van der Waals surface area contributed by atoms with E-state index in [1.54, 1.807) is 0 Å². The lowest BCUT2D eigenvalue weighted by Crippen LogP contribution is -2.51. The number of carbonyl (C=O) groups is 3. The van der Waals surface area contributed by atoms with Gasteiger partial charge in [0.15, 0.2) is 0 Å². The first-order chi connectivity index (χ1) is 13.8. The van der Waals surface area contributed by atoms with Crippen molar-refractivity contribution in [1.29, 1.82) is 0 Å². The zero-order chi connectivity index (χ0) is 21.6. The van der Waals surface area contributed by atoms with Crippen molar-refractivity contribution in [2.45, 2.75) is 38.0 Å². The Labute approximate surface area is 170 Å². The van der Waals surface area contributed by atoms with Crippen molar-refractivity contribution in [3.63, 3.8) is 0 Å². The molecular formula is C19H27BN2O7. The smallest absolute Gasteiger partial charge is 0.467 e. The van der Waals surface area contributed by atoms with Gasteiger partial charge in [0.25, 0.3) is 0 Å². The van der Waals surface area contributed by atoms with E-state index < -0.39 is 37.2 Å². The van der Waals surface area contributed by atoms with Gasteiger partial charge in [0.2, 0.25) is 11.8 Å². The molecular weight excluding hydrogens is 379 g/mol. The quantitative estimate of drug-likeness (QED) is 0.414. The van der Waals surface area contributed by atoms with Crippen LogP contribution in [0.4, 0.5) is 0 Å². The summed E-state index contributed by atoms with van der Waals surface area (Å²) < 4.78 is 15.2. The summed E-state index contributed by atoms with van der Waals surface area (Å²) >= 11 is 0. The number of ether oxygens (including phenoxy) is 1. The van der Waals surface area contributed by atoms with Crippen LogP contribution in [0, 0.1) is 0 Å². The Morgan fingerprint density at radius 1 is 1.21 bits per heavy atom. The van der Waals surface area contributed by atoms with E-state index in [2.05, 4.69) is 5.32 Å². The minimum Gasteiger partial charge on any atom is -0.467 e.